The van der Waals surface area contributed by atoms with Crippen LogP contribution in [-0.4, -0.2) is 5.97 Å². The van der Waals surface area contributed by atoms with Gasteiger partial charge in [0.15, 0.2) is 0 Å². The Bertz CT molecular complexity index is 523. The third-order valence-corrected chi connectivity index (χ3v) is 2.61. The normalized spacial score (nSPS) is 9.83. The van der Waals surface area contributed by atoms with Gasteiger partial charge in [0.25, 0.3) is 0 Å². The van der Waals surface area contributed by atoms with Gasteiger partial charge in [-0.3, -0.25) is 0 Å². The quantitative estimate of drug-likeness (QED) is 0.836. The molecule has 3 heteroatoms. The summed E-state index contributed by atoms with van der Waals surface area (Å²) in [6.45, 7) is 1.95. The van der Waals surface area contributed by atoms with E-state index >= 15 is 0 Å². The van der Waals surface area contributed by atoms with Gasteiger partial charge in [-0.25, -0.2) is 10.3 Å². The molecule has 0 bridgehead atoms. The first-order valence-electron chi connectivity index (χ1n) is 5.81. The van der Waals surface area contributed by atoms with E-state index in [0.717, 1.165) is 16.8 Å². The van der Waals surface area contributed by atoms with E-state index < -0.39 is 0 Å². The van der Waals surface area contributed by atoms with Crippen molar-refractivity contribution in [2.45, 2.75) is 13.3 Å². The molecule has 2 aromatic carbocycles. The lowest BCUT2D eigenvalue weighted by molar-refractivity contribution is -0.139. The molecule has 0 amide bonds. The van der Waals surface area contributed by atoms with Gasteiger partial charge in [-0.15, -0.1) is 0 Å². The van der Waals surface area contributed by atoms with Crippen LogP contribution in [0, 0.1) is 6.92 Å². The van der Waals surface area contributed by atoms with Gasteiger partial charge >= 0.3 is 5.97 Å². The zero-order chi connectivity index (χ0) is 12.8. The summed E-state index contributed by atoms with van der Waals surface area (Å²) in [5.41, 5.74) is 5.46. The summed E-state index contributed by atoms with van der Waals surface area (Å²) in [6, 6.07) is 17.2. The first kappa shape index (κ1) is 12.2. The van der Waals surface area contributed by atoms with Crippen LogP contribution >= 0.6 is 0 Å². The van der Waals surface area contributed by atoms with Crippen molar-refractivity contribution in [3.05, 3.63) is 65.7 Å². The maximum absolute atomic E-state index is 11.6. The van der Waals surface area contributed by atoms with Gasteiger partial charge in [0.1, 0.15) is 0 Å². The molecule has 18 heavy (non-hydrogen) atoms. The van der Waals surface area contributed by atoms with E-state index in [1.54, 1.807) is 0 Å². The van der Waals surface area contributed by atoms with Crippen LogP contribution in [0.1, 0.15) is 11.1 Å². The summed E-state index contributed by atoms with van der Waals surface area (Å²) in [5, 5.41) is 0. The Kier molecular flexibility index (Phi) is 3.97. The Morgan fingerprint density at radius 1 is 1.06 bits per heavy atom. The van der Waals surface area contributed by atoms with E-state index in [0.29, 0.717) is 0 Å². The molecule has 0 unspecified atom stereocenters. The fraction of sp³-hybridized carbons (Fsp3) is 0.133. The molecule has 0 saturated carbocycles. The Labute approximate surface area is 106 Å². The number of para-hydroxylation sites is 1. The SMILES string of the molecule is Cc1ccccc1NOC(=O)Cc1ccccc1. The molecule has 0 aliphatic carbocycles. The smallest absolute Gasteiger partial charge is 0.336 e. The van der Waals surface area contributed by atoms with Gasteiger partial charge in [-0.05, 0) is 24.1 Å². The average Bonchev–Trinajstić information content (AvgIpc) is 2.39. The fourth-order valence-corrected chi connectivity index (χ4v) is 1.60. The molecule has 2 aromatic rings. The second-order valence-corrected chi connectivity index (χ2v) is 4.05. The maximum atomic E-state index is 11.6. The van der Waals surface area contributed by atoms with Crippen LogP contribution in [0.5, 0.6) is 0 Å². The number of carbonyl (C=O) groups excluding carboxylic acids is 1. The van der Waals surface area contributed by atoms with Gasteiger partial charge in [-0.2, -0.15) is 0 Å². The molecule has 0 saturated heterocycles. The molecule has 0 heterocycles. The largest absolute Gasteiger partial charge is 0.343 e. The molecular formula is C15H15NO2. The van der Waals surface area contributed by atoms with Crippen LogP contribution in [0.25, 0.3) is 0 Å². The molecule has 0 fully saturated rings. The summed E-state index contributed by atoms with van der Waals surface area (Å²) >= 11 is 0. The van der Waals surface area contributed by atoms with Gasteiger partial charge in [0.2, 0.25) is 0 Å². The van der Waals surface area contributed by atoms with E-state index in [9.17, 15) is 4.79 Å². The highest BCUT2D eigenvalue weighted by Crippen LogP contribution is 2.13. The molecule has 0 atom stereocenters. The number of nitrogens with one attached hydrogen (secondary N) is 1. The van der Waals surface area contributed by atoms with Crippen molar-refractivity contribution in [2.75, 3.05) is 5.48 Å². The molecule has 0 aliphatic rings. The van der Waals surface area contributed by atoms with Gasteiger partial charge in [-0.1, -0.05) is 48.5 Å². The Morgan fingerprint density at radius 2 is 1.72 bits per heavy atom. The molecule has 1 N–H and O–H groups in total. The number of hydrogen-bond acceptors (Lipinski definition) is 3. The van der Waals surface area contributed by atoms with Crippen molar-refractivity contribution in [3.63, 3.8) is 0 Å². The zero-order valence-electron chi connectivity index (χ0n) is 10.2. The van der Waals surface area contributed by atoms with Crippen LogP contribution in [-0.2, 0) is 16.1 Å². The minimum Gasteiger partial charge on any atom is -0.343 e. The summed E-state index contributed by atoms with van der Waals surface area (Å²) in [6.07, 6.45) is 0.264. The number of aryl methyl sites for hydroxylation is 1. The number of hydrogen-bond donors (Lipinski definition) is 1. The molecular weight excluding hydrogens is 226 g/mol. The lowest BCUT2D eigenvalue weighted by Gasteiger charge is -2.08. The van der Waals surface area contributed by atoms with Crippen LogP contribution in [0.3, 0.4) is 0 Å². The lowest BCUT2D eigenvalue weighted by Crippen LogP contribution is -2.13. The Balaban J connectivity index is 1.88. The number of rotatable bonds is 4. The van der Waals surface area contributed by atoms with Crippen molar-refractivity contribution in [2.24, 2.45) is 0 Å². The summed E-state index contributed by atoms with van der Waals surface area (Å²) in [5.74, 6) is -0.301. The predicted molar refractivity (Wildman–Crippen MR) is 71.0 cm³/mol. The van der Waals surface area contributed by atoms with Crippen molar-refractivity contribution in [1.29, 1.82) is 0 Å². The first-order chi connectivity index (χ1) is 8.75. The Hall–Kier alpha value is -2.29. The topological polar surface area (TPSA) is 38.3 Å². The monoisotopic (exact) mass is 241 g/mol. The van der Waals surface area contributed by atoms with E-state index in [-0.39, 0.29) is 12.4 Å². The molecule has 92 valence electrons. The van der Waals surface area contributed by atoms with Crippen LogP contribution in [0.15, 0.2) is 54.6 Å². The number of carbonyl (C=O) groups is 1. The third kappa shape index (κ3) is 3.35. The van der Waals surface area contributed by atoms with Crippen molar-refractivity contribution < 1.29 is 9.63 Å². The van der Waals surface area contributed by atoms with Crippen LogP contribution < -0.4 is 5.48 Å². The van der Waals surface area contributed by atoms with Crippen LogP contribution in [0.2, 0.25) is 0 Å². The lowest BCUT2D eigenvalue weighted by atomic mass is 10.2. The van der Waals surface area contributed by atoms with E-state index in [2.05, 4.69) is 5.48 Å². The molecule has 0 spiro atoms. The molecule has 0 aliphatic heterocycles. The number of anilines is 1. The van der Waals surface area contributed by atoms with E-state index in [1.807, 2.05) is 61.5 Å². The first-order valence-corrected chi connectivity index (χ1v) is 5.81. The van der Waals surface area contributed by atoms with Crippen molar-refractivity contribution in [1.82, 2.24) is 0 Å². The maximum Gasteiger partial charge on any atom is 0.336 e. The molecule has 2 rings (SSSR count). The van der Waals surface area contributed by atoms with Crippen LogP contribution in [0.4, 0.5) is 5.69 Å². The highest BCUT2D eigenvalue weighted by atomic mass is 16.7. The fourth-order valence-electron chi connectivity index (χ4n) is 1.60. The van der Waals surface area contributed by atoms with E-state index in [4.69, 9.17) is 4.84 Å². The Morgan fingerprint density at radius 3 is 2.44 bits per heavy atom. The summed E-state index contributed by atoms with van der Waals surface area (Å²) < 4.78 is 0. The zero-order valence-corrected chi connectivity index (χ0v) is 10.2. The number of benzene rings is 2. The highest BCUT2D eigenvalue weighted by molar-refractivity contribution is 5.73. The van der Waals surface area contributed by atoms with Gasteiger partial charge in [0.05, 0.1) is 12.1 Å². The second-order valence-electron chi connectivity index (χ2n) is 4.05. The minimum absolute atomic E-state index is 0.264. The summed E-state index contributed by atoms with van der Waals surface area (Å²) in [4.78, 5) is 16.6. The van der Waals surface area contributed by atoms with Gasteiger partial charge < -0.3 is 4.84 Å². The van der Waals surface area contributed by atoms with Crippen molar-refractivity contribution in [3.8, 4) is 0 Å². The van der Waals surface area contributed by atoms with Crippen molar-refractivity contribution >= 4 is 11.7 Å². The minimum atomic E-state index is -0.301. The average molecular weight is 241 g/mol. The third-order valence-electron chi connectivity index (χ3n) is 2.61. The highest BCUT2D eigenvalue weighted by Gasteiger charge is 2.05. The second kappa shape index (κ2) is 5.87. The summed E-state index contributed by atoms with van der Waals surface area (Å²) in [7, 11) is 0. The standard InChI is InChI=1S/C15H15NO2/c1-12-7-5-6-10-14(12)16-18-15(17)11-13-8-3-2-4-9-13/h2-10,16H,11H2,1H3. The molecule has 0 aromatic heterocycles. The van der Waals surface area contributed by atoms with Gasteiger partial charge in [0, 0.05) is 0 Å². The molecule has 0 radical (unpaired) electrons. The molecule has 3 nitrogen and oxygen atoms in total. The predicted octanol–water partition coefficient (Wildman–Crippen LogP) is 3.11. The van der Waals surface area contributed by atoms with E-state index in [1.165, 1.54) is 0 Å².